The number of allylic oxidation sites excluding steroid dienone is 4. The number of hydrogen-bond donors (Lipinski definition) is 0. The third kappa shape index (κ3) is 1.38. The fraction of sp³-hybridized carbons (Fsp3) is 0.333. The Balaban J connectivity index is 2.11. The van der Waals surface area contributed by atoms with E-state index in [9.17, 15) is 0 Å². The summed E-state index contributed by atoms with van der Waals surface area (Å²) in [6, 6.07) is 9.01. The topological polar surface area (TPSA) is 0 Å². The molecule has 0 amide bonds. The van der Waals surface area contributed by atoms with Crippen molar-refractivity contribution in [2.45, 2.75) is 25.7 Å². The fourth-order valence-corrected chi connectivity index (χ4v) is 3.96. The van der Waals surface area contributed by atoms with Crippen molar-refractivity contribution >= 4 is 11.1 Å². The second-order valence-corrected chi connectivity index (χ2v) is 5.65. The zero-order valence-electron chi connectivity index (χ0n) is 10.6. The monoisotopic (exact) mass is 234 g/mol. The van der Waals surface area contributed by atoms with Gasteiger partial charge < -0.3 is 0 Å². The fourth-order valence-electron chi connectivity index (χ4n) is 3.96. The van der Waals surface area contributed by atoms with Crippen molar-refractivity contribution in [1.82, 2.24) is 0 Å². The molecule has 2 unspecified atom stereocenters. The lowest BCUT2D eigenvalue weighted by atomic mass is 9.68. The van der Waals surface area contributed by atoms with Gasteiger partial charge >= 0.3 is 0 Å². The standard InChI is InChI=1S/C18H18/c1-2-8-14-13(7-1)15-9-3-4-11-17(15)18-12-6-5-10-16(14)18/h1-4,7-9,11,14,16H,5-6,10,12H2. The van der Waals surface area contributed by atoms with Gasteiger partial charge in [0.05, 0.1) is 0 Å². The van der Waals surface area contributed by atoms with Gasteiger partial charge in [0.15, 0.2) is 0 Å². The van der Waals surface area contributed by atoms with Crippen LogP contribution in [-0.4, -0.2) is 0 Å². The van der Waals surface area contributed by atoms with Crippen LogP contribution in [0.15, 0.2) is 48.6 Å². The molecule has 90 valence electrons. The van der Waals surface area contributed by atoms with E-state index in [0.717, 1.165) is 5.92 Å². The summed E-state index contributed by atoms with van der Waals surface area (Å²) in [6.07, 6.45) is 14.6. The van der Waals surface area contributed by atoms with Gasteiger partial charge in [-0.15, -0.1) is 0 Å². The molecular formula is C18H18. The van der Waals surface area contributed by atoms with E-state index in [-0.39, 0.29) is 0 Å². The van der Waals surface area contributed by atoms with E-state index in [1.807, 2.05) is 0 Å². The molecule has 0 heteroatoms. The highest BCUT2D eigenvalue weighted by Gasteiger charge is 2.31. The van der Waals surface area contributed by atoms with Crippen LogP contribution in [0.2, 0.25) is 0 Å². The van der Waals surface area contributed by atoms with E-state index in [0.29, 0.717) is 5.92 Å². The second-order valence-electron chi connectivity index (χ2n) is 5.65. The Morgan fingerprint density at radius 2 is 1.83 bits per heavy atom. The van der Waals surface area contributed by atoms with Crippen LogP contribution in [0.25, 0.3) is 11.1 Å². The molecular weight excluding hydrogens is 216 g/mol. The summed E-state index contributed by atoms with van der Waals surface area (Å²) in [4.78, 5) is 0. The minimum Gasteiger partial charge on any atom is -0.0764 e. The summed E-state index contributed by atoms with van der Waals surface area (Å²) in [5.74, 6) is 1.41. The van der Waals surface area contributed by atoms with E-state index in [1.54, 1.807) is 11.1 Å². The normalized spacial score (nSPS) is 28.7. The van der Waals surface area contributed by atoms with Crippen LogP contribution < -0.4 is 10.4 Å². The molecule has 0 radical (unpaired) electrons. The van der Waals surface area contributed by atoms with Crippen LogP contribution in [0, 0.1) is 11.8 Å². The Morgan fingerprint density at radius 1 is 0.944 bits per heavy atom. The van der Waals surface area contributed by atoms with Crippen molar-refractivity contribution in [1.29, 1.82) is 0 Å². The molecule has 0 aliphatic heterocycles. The van der Waals surface area contributed by atoms with Gasteiger partial charge in [0.25, 0.3) is 0 Å². The largest absolute Gasteiger partial charge is 0.0764 e. The average molecular weight is 234 g/mol. The maximum atomic E-state index is 2.42. The molecule has 4 rings (SSSR count). The van der Waals surface area contributed by atoms with Crippen LogP contribution in [0.1, 0.15) is 25.7 Å². The first kappa shape index (κ1) is 10.4. The molecule has 18 heavy (non-hydrogen) atoms. The van der Waals surface area contributed by atoms with Crippen molar-refractivity contribution in [3.05, 3.63) is 59.0 Å². The van der Waals surface area contributed by atoms with Gasteiger partial charge in [-0.25, -0.2) is 0 Å². The van der Waals surface area contributed by atoms with Gasteiger partial charge in [0.2, 0.25) is 0 Å². The summed E-state index contributed by atoms with van der Waals surface area (Å²) >= 11 is 0. The minimum absolute atomic E-state index is 0.639. The SMILES string of the molecule is C1=CC2=c3ccccc3=C3CCCCC3C2C=C1. The van der Waals surface area contributed by atoms with Gasteiger partial charge in [-0.2, -0.15) is 0 Å². The minimum atomic E-state index is 0.639. The molecule has 0 nitrogen and oxygen atoms in total. The second kappa shape index (κ2) is 3.98. The van der Waals surface area contributed by atoms with Gasteiger partial charge in [-0.3, -0.25) is 0 Å². The number of benzene rings is 1. The van der Waals surface area contributed by atoms with Crippen molar-refractivity contribution < 1.29 is 0 Å². The zero-order chi connectivity index (χ0) is 11.9. The third-order valence-corrected chi connectivity index (χ3v) is 4.74. The molecule has 0 heterocycles. The summed E-state index contributed by atoms with van der Waals surface area (Å²) in [5, 5.41) is 3.02. The first-order valence-electron chi connectivity index (χ1n) is 7.12. The molecule has 2 atom stereocenters. The first-order chi connectivity index (χ1) is 8.95. The van der Waals surface area contributed by atoms with Crippen molar-refractivity contribution in [2.24, 2.45) is 11.8 Å². The van der Waals surface area contributed by atoms with Crippen LogP contribution in [0.3, 0.4) is 0 Å². The Kier molecular flexibility index (Phi) is 2.29. The zero-order valence-corrected chi connectivity index (χ0v) is 10.6. The molecule has 0 aromatic heterocycles. The molecule has 1 saturated carbocycles. The number of fused-ring (bicyclic) bond motifs is 4. The first-order valence-corrected chi connectivity index (χ1v) is 7.12. The van der Waals surface area contributed by atoms with Crippen LogP contribution >= 0.6 is 0 Å². The molecule has 1 aromatic carbocycles. The summed E-state index contributed by atoms with van der Waals surface area (Å²) in [5.41, 5.74) is 3.27. The lowest BCUT2D eigenvalue weighted by molar-refractivity contribution is 0.451. The smallest absolute Gasteiger partial charge is 0.00930 e. The van der Waals surface area contributed by atoms with Gasteiger partial charge in [-0.05, 0) is 41.2 Å². The maximum Gasteiger partial charge on any atom is 0.00930 e. The van der Waals surface area contributed by atoms with Gasteiger partial charge in [0, 0.05) is 5.92 Å². The summed E-state index contributed by atoms with van der Waals surface area (Å²) in [7, 11) is 0. The Bertz CT molecular complexity index is 658. The molecule has 1 aromatic rings. The predicted octanol–water partition coefficient (Wildman–Crippen LogP) is 2.93. The van der Waals surface area contributed by atoms with E-state index < -0.39 is 0 Å². The van der Waals surface area contributed by atoms with Crippen LogP contribution in [0.5, 0.6) is 0 Å². The highest BCUT2D eigenvalue weighted by atomic mass is 14.4. The highest BCUT2D eigenvalue weighted by Crippen LogP contribution is 2.41. The molecule has 0 N–H and O–H groups in total. The highest BCUT2D eigenvalue weighted by molar-refractivity contribution is 5.71. The van der Waals surface area contributed by atoms with Crippen LogP contribution in [0.4, 0.5) is 0 Å². The molecule has 3 aliphatic rings. The molecule has 0 bridgehead atoms. The maximum absolute atomic E-state index is 2.42. The quantitative estimate of drug-likeness (QED) is 0.647. The Labute approximate surface area is 108 Å². The van der Waals surface area contributed by atoms with Gasteiger partial charge in [-0.1, -0.05) is 60.6 Å². The molecule has 1 fully saturated rings. The number of rotatable bonds is 0. The lowest BCUT2D eigenvalue weighted by Crippen LogP contribution is -2.40. The summed E-state index contributed by atoms with van der Waals surface area (Å²) < 4.78 is 0. The van der Waals surface area contributed by atoms with Gasteiger partial charge in [0.1, 0.15) is 0 Å². The molecule has 3 aliphatic carbocycles. The molecule has 0 saturated heterocycles. The van der Waals surface area contributed by atoms with E-state index in [1.165, 1.54) is 36.1 Å². The summed E-state index contributed by atoms with van der Waals surface area (Å²) in [6.45, 7) is 0. The van der Waals surface area contributed by atoms with Crippen molar-refractivity contribution in [3.63, 3.8) is 0 Å². The van der Waals surface area contributed by atoms with Crippen LogP contribution in [-0.2, 0) is 0 Å². The predicted molar refractivity (Wildman–Crippen MR) is 76.2 cm³/mol. The third-order valence-electron chi connectivity index (χ3n) is 4.74. The molecule has 0 spiro atoms. The Morgan fingerprint density at radius 3 is 2.78 bits per heavy atom. The van der Waals surface area contributed by atoms with Crippen molar-refractivity contribution in [2.75, 3.05) is 0 Å². The number of hydrogen-bond acceptors (Lipinski definition) is 0. The lowest BCUT2D eigenvalue weighted by Gasteiger charge is -2.36. The van der Waals surface area contributed by atoms with E-state index >= 15 is 0 Å². The van der Waals surface area contributed by atoms with Crippen molar-refractivity contribution in [3.8, 4) is 0 Å². The van der Waals surface area contributed by atoms with E-state index in [4.69, 9.17) is 0 Å². The van der Waals surface area contributed by atoms with E-state index in [2.05, 4.69) is 48.6 Å². The average Bonchev–Trinajstić information content (AvgIpc) is 2.48. The Hall–Kier alpha value is -1.56.